The maximum Gasteiger partial charge on any atom is 0.191 e. The summed E-state index contributed by atoms with van der Waals surface area (Å²) in [6.07, 6.45) is 2.77. The van der Waals surface area contributed by atoms with Crippen LogP contribution >= 0.6 is 0 Å². The van der Waals surface area contributed by atoms with Crippen LogP contribution in [-0.4, -0.2) is 44.4 Å². The van der Waals surface area contributed by atoms with Crippen LogP contribution in [0.15, 0.2) is 29.3 Å². The first kappa shape index (κ1) is 18.5. The minimum absolute atomic E-state index is 0.133. The highest BCUT2D eigenvalue weighted by Crippen LogP contribution is 2.23. The van der Waals surface area contributed by atoms with Gasteiger partial charge in [-0.05, 0) is 38.3 Å². The Bertz CT molecular complexity index is 545. The number of para-hydroxylation sites is 1. The number of nitrogens with one attached hydrogen (secondary N) is 2. The molecule has 0 saturated carbocycles. The molecule has 1 aromatic carbocycles. The Labute approximate surface area is 143 Å². The van der Waals surface area contributed by atoms with E-state index in [1.165, 1.54) is 6.07 Å². The average molecular weight is 337 g/mol. The van der Waals surface area contributed by atoms with Crippen LogP contribution in [0.5, 0.6) is 5.75 Å². The van der Waals surface area contributed by atoms with Gasteiger partial charge in [0, 0.05) is 20.2 Å². The molecule has 2 N–H and O–H groups in total. The van der Waals surface area contributed by atoms with Crippen molar-refractivity contribution in [3.05, 3.63) is 30.1 Å². The van der Waals surface area contributed by atoms with Crippen molar-refractivity contribution in [3.8, 4) is 5.75 Å². The number of hydrogen-bond donors (Lipinski definition) is 2. The van der Waals surface area contributed by atoms with Gasteiger partial charge >= 0.3 is 0 Å². The first-order valence-corrected chi connectivity index (χ1v) is 8.56. The van der Waals surface area contributed by atoms with Crippen LogP contribution in [0.4, 0.5) is 4.39 Å². The second-order valence-electron chi connectivity index (χ2n) is 6.29. The fourth-order valence-corrected chi connectivity index (χ4v) is 2.67. The van der Waals surface area contributed by atoms with Gasteiger partial charge in [0.2, 0.25) is 0 Å². The molecule has 1 aliphatic rings. The van der Waals surface area contributed by atoms with Gasteiger partial charge in [0.05, 0.1) is 12.1 Å². The molecule has 2 atom stereocenters. The Hall–Kier alpha value is -1.82. The van der Waals surface area contributed by atoms with Gasteiger partial charge in [-0.1, -0.05) is 19.1 Å². The molecule has 5 nitrogen and oxygen atoms in total. The molecular weight excluding hydrogens is 309 g/mol. The first-order chi connectivity index (χ1) is 11.6. The Kier molecular flexibility index (Phi) is 6.85. The maximum atomic E-state index is 13.7. The van der Waals surface area contributed by atoms with E-state index in [1.54, 1.807) is 25.2 Å². The number of hydrogen-bond acceptors (Lipinski definition) is 3. The number of aliphatic imine (C=N–C) groups is 1. The number of guanidine groups is 1. The highest BCUT2D eigenvalue weighted by Gasteiger charge is 2.29. The summed E-state index contributed by atoms with van der Waals surface area (Å²) in [7, 11) is 1.73. The third-order valence-electron chi connectivity index (χ3n) is 4.24. The predicted molar refractivity (Wildman–Crippen MR) is 94.1 cm³/mol. The zero-order valence-corrected chi connectivity index (χ0v) is 14.8. The normalized spacial score (nSPS) is 22.2. The summed E-state index contributed by atoms with van der Waals surface area (Å²) < 4.78 is 25.2. The van der Waals surface area contributed by atoms with Crippen LogP contribution in [0.25, 0.3) is 0 Å². The summed E-state index contributed by atoms with van der Waals surface area (Å²) >= 11 is 0. The van der Waals surface area contributed by atoms with E-state index in [0.29, 0.717) is 19.0 Å². The maximum absolute atomic E-state index is 13.7. The molecule has 1 fully saturated rings. The molecule has 0 bridgehead atoms. The van der Waals surface area contributed by atoms with E-state index >= 15 is 0 Å². The molecule has 6 heteroatoms. The first-order valence-electron chi connectivity index (χ1n) is 8.56. The second kappa shape index (κ2) is 8.87. The third kappa shape index (κ3) is 5.37. The lowest BCUT2D eigenvalue weighted by Gasteiger charge is -2.25. The number of nitrogens with zero attached hydrogens (tertiary/aromatic N) is 1. The van der Waals surface area contributed by atoms with Gasteiger partial charge in [-0.15, -0.1) is 0 Å². The number of rotatable bonds is 7. The van der Waals surface area contributed by atoms with Crippen LogP contribution in [0, 0.1) is 5.82 Å². The van der Waals surface area contributed by atoms with Crippen LogP contribution in [0.1, 0.15) is 33.1 Å². The molecule has 0 aliphatic carbocycles. The quantitative estimate of drug-likeness (QED) is 0.593. The summed E-state index contributed by atoms with van der Waals surface area (Å²) in [6.45, 7) is 6.19. The number of ether oxygens (including phenoxy) is 2. The molecule has 2 unspecified atom stereocenters. The smallest absolute Gasteiger partial charge is 0.191 e. The molecule has 0 amide bonds. The van der Waals surface area contributed by atoms with Crippen molar-refractivity contribution in [2.24, 2.45) is 4.99 Å². The molecule has 2 rings (SSSR count). The Morgan fingerprint density at radius 3 is 2.83 bits per heavy atom. The van der Waals surface area contributed by atoms with Crippen LogP contribution in [-0.2, 0) is 4.74 Å². The van der Waals surface area contributed by atoms with Crippen molar-refractivity contribution < 1.29 is 13.9 Å². The van der Waals surface area contributed by atoms with Gasteiger partial charge in [0.25, 0.3) is 0 Å². The topological polar surface area (TPSA) is 54.9 Å². The zero-order valence-electron chi connectivity index (χ0n) is 14.8. The van der Waals surface area contributed by atoms with Crippen molar-refractivity contribution in [2.75, 3.05) is 26.7 Å². The molecule has 134 valence electrons. The fraction of sp³-hybridized carbons (Fsp3) is 0.611. The lowest BCUT2D eigenvalue weighted by atomic mass is 10.0. The van der Waals surface area contributed by atoms with Gasteiger partial charge < -0.3 is 20.1 Å². The molecule has 1 saturated heterocycles. The Morgan fingerprint density at radius 2 is 2.21 bits per heavy atom. The van der Waals surface area contributed by atoms with Crippen molar-refractivity contribution in [1.29, 1.82) is 0 Å². The second-order valence-corrected chi connectivity index (χ2v) is 6.29. The lowest BCUT2D eigenvalue weighted by molar-refractivity contribution is 0.0242. The van der Waals surface area contributed by atoms with Crippen molar-refractivity contribution in [2.45, 2.75) is 44.8 Å². The molecule has 1 aliphatic heterocycles. The van der Waals surface area contributed by atoms with Crippen LogP contribution < -0.4 is 15.4 Å². The summed E-state index contributed by atoms with van der Waals surface area (Å²) in [5.41, 5.74) is -0.133. The van der Waals surface area contributed by atoms with Gasteiger partial charge in [-0.2, -0.15) is 0 Å². The highest BCUT2D eigenvalue weighted by atomic mass is 19.1. The molecule has 1 aromatic rings. The van der Waals surface area contributed by atoms with Gasteiger partial charge in [-0.3, -0.25) is 4.99 Å². The standard InChI is InChI=1S/C18H28FN3O2/c1-4-14(24-16-9-6-5-8-15(16)19)12-21-17(20-3)22-13-18(2)10-7-11-23-18/h5-6,8-9,14H,4,7,10-13H2,1-3H3,(H2,20,21,22). The molecule has 0 aromatic heterocycles. The predicted octanol–water partition coefficient (Wildman–Crippen LogP) is 2.72. The average Bonchev–Trinajstić information content (AvgIpc) is 3.02. The Balaban J connectivity index is 1.81. The summed E-state index contributed by atoms with van der Waals surface area (Å²) in [5.74, 6) is 0.632. The van der Waals surface area contributed by atoms with Gasteiger partial charge in [0.15, 0.2) is 17.5 Å². The van der Waals surface area contributed by atoms with E-state index in [4.69, 9.17) is 9.47 Å². The lowest BCUT2D eigenvalue weighted by Crippen LogP contribution is -2.47. The molecule has 0 radical (unpaired) electrons. The molecule has 0 spiro atoms. The van der Waals surface area contributed by atoms with E-state index < -0.39 is 0 Å². The SMILES string of the molecule is CCC(CNC(=NC)NCC1(C)CCCO1)Oc1ccccc1F. The van der Waals surface area contributed by atoms with Crippen LogP contribution in [0.3, 0.4) is 0 Å². The van der Waals surface area contributed by atoms with E-state index in [0.717, 1.165) is 25.9 Å². The van der Waals surface area contributed by atoms with E-state index in [2.05, 4.69) is 22.5 Å². The summed E-state index contributed by atoms with van der Waals surface area (Å²) in [5, 5.41) is 6.53. The monoisotopic (exact) mass is 337 g/mol. The van der Waals surface area contributed by atoms with Crippen LogP contribution in [0.2, 0.25) is 0 Å². The number of benzene rings is 1. The molecule has 24 heavy (non-hydrogen) atoms. The fourth-order valence-electron chi connectivity index (χ4n) is 2.67. The van der Waals surface area contributed by atoms with E-state index in [9.17, 15) is 4.39 Å². The minimum atomic E-state index is -0.343. The van der Waals surface area contributed by atoms with E-state index in [-0.39, 0.29) is 23.3 Å². The zero-order chi connectivity index (χ0) is 17.4. The third-order valence-corrected chi connectivity index (χ3v) is 4.24. The molecule has 1 heterocycles. The van der Waals surface area contributed by atoms with Gasteiger partial charge in [-0.25, -0.2) is 4.39 Å². The van der Waals surface area contributed by atoms with Gasteiger partial charge in [0.1, 0.15) is 6.10 Å². The minimum Gasteiger partial charge on any atom is -0.486 e. The summed E-state index contributed by atoms with van der Waals surface area (Å²) in [6, 6.07) is 6.46. The molecular formula is C18H28FN3O2. The van der Waals surface area contributed by atoms with Crippen molar-refractivity contribution >= 4 is 5.96 Å². The summed E-state index contributed by atoms with van der Waals surface area (Å²) in [4.78, 5) is 4.22. The Morgan fingerprint density at radius 1 is 1.42 bits per heavy atom. The highest BCUT2D eigenvalue weighted by molar-refractivity contribution is 5.79. The van der Waals surface area contributed by atoms with Crippen molar-refractivity contribution in [3.63, 3.8) is 0 Å². The van der Waals surface area contributed by atoms with E-state index in [1.807, 2.05) is 6.92 Å². The van der Waals surface area contributed by atoms with Crippen molar-refractivity contribution in [1.82, 2.24) is 10.6 Å². The number of halogens is 1. The largest absolute Gasteiger partial charge is 0.486 e.